The average Bonchev–Trinajstić information content (AvgIpc) is 3.62. The van der Waals surface area contributed by atoms with Gasteiger partial charge in [0.2, 0.25) is 0 Å². The molecule has 13 heteroatoms. The van der Waals surface area contributed by atoms with E-state index in [1.54, 1.807) is 6.92 Å². The van der Waals surface area contributed by atoms with Crippen LogP contribution in [0.2, 0.25) is 0 Å². The smallest absolute Gasteiger partial charge is 0.341 e. The summed E-state index contributed by atoms with van der Waals surface area (Å²) < 4.78 is 13.6. The van der Waals surface area contributed by atoms with Gasteiger partial charge < -0.3 is 30.1 Å². The molecule has 34 heavy (non-hydrogen) atoms. The second-order valence-electron chi connectivity index (χ2n) is 8.44. The van der Waals surface area contributed by atoms with Crippen molar-refractivity contribution < 1.29 is 29.6 Å². The van der Waals surface area contributed by atoms with Gasteiger partial charge in [0.25, 0.3) is 5.95 Å². The number of aromatic nitrogens is 6. The number of anilines is 1. The highest BCUT2D eigenvalue weighted by Crippen LogP contribution is 2.33. The standard InChI is InChI=1S/C21H27N7O6/c1-2-33-20(32)11-7-23-28(8-11)21-25-17(24-12-5-3-4-6-12)14-18(26-21)27(10-22-14)19-16(31)15(30)13(9-29)34-19/h7-8,10,12-13,15-16,19,29-31H,2-6,9H2,1H3,(H,24,25,26). The Morgan fingerprint density at radius 2 is 2.06 bits per heavy atom. The fourth-order valence-electron chi connectivity index (χ4n) is 4.42. The van der Waals surface area contributed by atoms with E-state index in [1.807, 2.05) is 0 Å². The number of esters is 1. The molecule has 182 valence electrons. The Hall–Kier alpha value is -3.13. The van der Waals surface area contributed by atoms with Crippen molar-refractivity contribution in [3.63, 3.8) is 0 Å². The molecule has 1 aliphatic carbocycles. The number of nitrogens with zero attached hydrogens (tertiary/aromatic N) is 6. The molecule has 0 spiro atoms. The van der Waals surface area contributed by atoms with Gasteiger partial charge in [0.05, 0.1) is 31.3 Å². The lowest BCUT2D eigenvalue weighted by Crippen LogP contribution is -2.33. The number of carbonyl (C=O) groups excluding carboxylic acids is 1. The predicted octanol–water partition coefficient (Wildman–Crippen LogP) is 0.155. The SMILES string of the molecule is CCOC(=O)c1cnn(-c2nc(NC3CCCC3)c3ncn(C4OC(CO)C(O)C4O)c3n2)c1. The molecule has 0 radical (unpaired) electrons. The number of aliphatic hydroxyl groups excluding tert-OH is 3. The van der Waals surface area contributed by atoms with Gasteiger partial charge in [-0.2, -0.15) is 15.1 Å². The van der Waals surface area contributed by atoms with Crippen molar-refractivity contribution in [1.29, 1.82) is 0 Å². The lowest BCUT2D eigenvalue weighted by molar-refractivity contribution is -0.0511. The fraction of sp³-hybridized carbons (Fsp3) is 0.571. The van der Waals surface area contributed by atoms with Crippen LogP contribution >= 0.6 is 0 Å². The molecule has 1 saturated carbocycles. The Labute approximate surface area is 194 Å². The van der Waals surface area contributed by atoms with Gasteiger partial charge in [0, 0.05) is 12.2 Å². The van der Waals surface area contributed by atoms with Crippen LogP contribution in [0.15, 0.2) is 18.7 Å². The van der Waals surface area contributed by atoms with Gasteiger partial charge in [0.15, 0.2) is 23.2 Å². The molecule has 0 amide bonds. The molecular formula is C21H27N7O6. The zero-order valence-electron chi connectivity index (χ0n) is 18.6. The molecular weight excluding hydrogens is 446 g/mol. The Kier molecular flexibility index (Phi) is 6.16. The van der Waals surface area contributed by atoms with E-state index in [2.05, 4.69) is 25.4 Å². The van der Waals surface area contributed by atoms with Gasteiger partial charge in [-0.3, -0.25) is 4.57 Å². The van der Waals surface area contributed by atoms with E-state index in [4.69, 9.17) is 9.47 Å². The zero-order chi connectivity index (χ0) is 23.8. The Balaban J connectivity index is 1.57. The van der Waals surface area contributed by atoms with E-state index < -0.39 is 37.1 Å². The number of ether oxygens (including phenoxy) is 2. The molecule has 4 N–H and O–H groups in total. The summed E-state index contributed by atoms with van der Waals surface area (Å²) in [7, 11) is 0. The van der Waals surface area contributed by atoms with Crippen molar-refractivity contribution in [2.24, 2.45) is 0 Å². The molecule has 13 nitrogen and oxygen atoms in total. The topological polar surface area (TPSA) is 170 Å². The largest absolute Gasteiger partial charge is 0.462 e. The second kappa shape index (κ2) is 9.25. The van der Waals surface area contributed by atoms with Crippen molar-refractivity contribution in [2.45, 2.75) is 63.2 Å². The van der Waals surface area contributed by atoms with Gasteiger partial charge in [-0.25, -0.2) is 14.5 Å². The number of hydrogen-bond acceptors (Lipinski definition) is 11. The number of aliphatic hydroxyl groups is 3. The van der Waals surface area contributed by atoms with Crippen LogP contribution in [0.1, 0.15) is 49.2 Å². The number of fused-ring (bicyclic) bond motifs is 1. The van der Waals surface area contributed by atoms with Gasteiger partial charge in [-0.05, 0) is 19.8 Å². The minimum absolute atomic E-state index is 0.178. The first-order valence-corrected chi connectivity index (χ1v) is 11.4. The van der Waals surface area contributed by atoms with E-state index in [9.17, 15) is 20.1 Å². The summed E-state index contributed by atoms with van der Waals surface area (Å²) in [6.07, 6.45) is 4.06. The average molecular weight is 473 g/mol. The van der Waals surface area contributed by atoms with Crippen LogP contribution in [0.4, 0.5) is 5.82 Å². The molecule has 5 rings (SSSR count). The van der Waals surface area contributed by atoms with Crippen molar-refractivity contribution in [2.75, 3.05) is 18.5 Å². The Morgan fingerprint density at radius 3 is 2.76 bits per heavy atom. The number of nitrogens with one attached hydrogen (secondary N) is 1. The first kappa shape index (κ1) is 22.7. The lowest BCUT2D eigenvalue weighted by Gasteiger charge is -2.18. The Morgan fingerprint density at radius 1 is 1.26 bits per heavy atom. The maximum Gasteiger partial charge on any atom is 0.341 e. The van der Waals surface area contributed by atoms with Crippen LogP contribution in [0.25, 0.3) is 17.1 Å². The van der Waals surface area contributed by atoms with Crippen molar-refractivity contribution in [3.8, 4) is 5.95 Å². The highest BCUT2D eigenvalue weighted by atomic mass is 16.6. The van der Waals surface area contributed by atoms with Crippen LogP contribution in [0.5, 0.6) is 0 Å². The highest BCUT2D eigenvalue weighted by Gasteiger charge is 2.44. The number of imidazole rings is 1. The molecule has 1 aliphatic heterocycles. The van der Waals surface area contributed by atoms with E-state index in [0.29, 0.717) is 17.0 Å². The van der Waals surface area contributed by atoms with Gasteiger partial charge in [0.1, 0.15) is 18.3 Å². The number of hydrogen-bond donors (Lipinski definition) is 4. The lowest BCUT2D eigenvalue weighted by atomic mass is 10.1. The summed E-state index contributed by atoms with van der Waals surface area (Å²) in [5.74, 6) is 0.165. The molecule has 3 aromatic rings. The van der Waals surface area contributed by atoms with Crippen molar-refractivity contribution in [3.05, 3.63) is 24.3 Å². The quantitative estimate of drug-likeness (QED) is 0.345. The minimum Gasteiger partial charge on any atom is -0.462 e. The van der Waals surface area contributed by atoms with E-state index >= 15 is 0 Å². The van der Waals surface area contributed by atoms with Crippen LogP contribution in [0, 0.1) is 0 Å². The second-order valence-corrected chi connectivity index (χ2v) is 8.44. The third kappa shape index (κ3) is 4.00. The highest BCUT2D eigenvalue weighted by molar-refractivity contribution is 5.89. The molecule has 4 heterocycles. The van der Waals surface area contributed by atoms with Crippen LogP contribution < -0.4 is 5.32 Å². The summed E-state index contributed by atoms with van der Waals surface area (Å²) in [6, 6.07) is 0.234. The third-order valence-electron chi connectivity index (χ3n) is 6.20. The molecule has 0 aromatic carbocycles. The maximum absolute atomic E-state index is 12.1. The summed E-state index contributed by atoms with van der Waals surface area (Å²) in [6.45, 7) is 1.52. The first-order valence-electron chi connectivity index (χ1n) is 11.4. The first-order chi connectivity index (χ1) is 16.5. The molecule has 1 saturated heterocycles. The summed E-state index contributed by atoms with van der Waals surface area (Å²) in [5, 5.41) is 37.8. The molecule has 2 aliphatic rings. The minimum atomic E-state index is -1.29. The summed E-state index contributed by atoms with van der Waals surface area (Å²) >= 11 is 0. The van der Waals surface area contributed by atoms with Gasteiger partial charge in [-0.1, -0.05) is 12.8 Å². The molecule has 4 atom stereocenters. The van der Waals surface area contributed by atoms with Crippen LogP contribution in [-0.4, -0.2) is 88.2 Å². The van der Waals surface area contributed by atoms with E-state index in [0.717, 1.165) is 25.7 Å². The van der Waals surface area contributed by atoms with Gasteiger partial charge in [-0.15, -0.1) is 0 Å². The number of rotatable bonds is 7. The molecule has 0 bridgehead atoms. The zero-order valence-corrected chi connectivity index (χ0v) is 18.6. The normalized spacial score (nSPS) is 25.3. The molecule has 4 unspecified atom stereocenters. The maximum atomic E-state index is 12.1. The number of carbonyl (C=O) groups is 1. The molecule has 3 aromatic heterocycles. The predicted molar refractivity (Wildman–Crippen MR) is 117 cm³/mol. The molecule has 2 fully saturated rings. The monoisotopic (exact) mass is 473 g/mol. The van der Waals surface area contributed by atoms with Crippen LogP contribution in [0.3, 0.4) is 0 Å². The third-order valence-corrected chi connectivity index (χ3v) is 6.20. The summed E-state index contributed by atoms with van der Waals surface area (Å²) in [5.41, 5.74) is 1.06. The van der Waals surface area contributed by atoms with Gasteiger partial charge >= 0.3 is 5.97 Å². The Bertz CT molecular complexity index is 1170. The van der Waals surface area contributed by atoms with Crippen molar-refractivity contribution >= 4 is 23.0 Å². The summed E-state index contributed by atoms with van der Waals surface area (Å²) in [4.78, 5) is 25.7. The van der Waals surface area contributed by atoms with E-state index in [1.165, 1.54) is 28.0 Å². The van der Waals surface area contributed by atoms with E-state index in [-0.39, 0.29) is 24.2 Å². The van der Waals surface area contributed by atoms with Crippen LogP contribution in [-0.2, 0) is 9.47 Å². The fourth-order valence-corrected chi connectivity index (χ4v) is 4.42. The van der Waals surface area contributed by atoms with Crippen molar-refractivity contribution in [1.82, 2.24) is 29.3 Å².